The molecule has 0 saturated heterocycles. The molecule has 3 heteroatoms. The summed E-state index contributed by atoms with van der Waals surface area (Å²) < 4.78 is 0. The highest BCUT2D eigenvalue weighted by Crippen LogP contribution is 2.05. The molecule has 0 spiro atoms. The van der Waals surface area contributed by atoms with E-state index in [4.69, 9.17) is 5.11 Å². The lowest BCUT2D eigenvalue weighted by Gasteiger charge is -1.99. The molecule has 0 rings (SSSR count). The summed E-state index contributed by atoms with van der Waals surface area (Å²) in [6.45, 7) is 12.0. The van der Waals surface area contributed by atoms with E-state index in [1.807, 2.05) is 0 Å². The summed E-state index contributed by atoms with van der Waals surface area (Å²) in [7, 11) is 0. The molecule has 0 amide bonds. The maximum absolute atomic E-state index is 10.5. The molecule has 0 saturated carbocycles. The fraction of sp³-hybridized carbons (Fsp3) is 0.625. The molecule has 1 unspecified atom stereocenters. The van der Waals surface area contributed by atoms with Gasteiger partial charge in [-0.05, 0) is 47.0 Å². The summed E-state index contributed by atoms with van der Waals surface area (Å²) in [5.41, 5.74) is 2.90. The Labute approximate surface area is 117 Å². The van der Waals surface area contributed by atoms with Gasteiger partial charge in [0.1, 0.15) is 0 Å². The minimum atomic E-state index is -1.33. The number of carbonyl (C=O) groups is 2. The highest BCUT2D eigenvalue weighted by molar-refractivity contribution is 6.33. The lowest BCUT2D eigenvalue weighted by atomic mass is 10.0. The summed E-state index contributed by atoms with van der Waals surface area (Å²) in [4.78, 5) is 20.4. The van der Waals surface area contributed by atoms with Crippen molar-refractivity contribution in [2.75, 3.05) is 0 Å². The van der Waals surface area contributed by atoms with Crippen molar-refractivity contribution in [1.82, 2.24) is 0 Å². The Balaban J connectivity index is 0. The minimum absolute atomic E-state index is 0.345. The molecule has 0 aromatic rings. The van der Waals surface area contributed by atoms with E-state index < -0.39 is 11.8 Å². The number of carbonyl (C=O) groups excluding carboxylic acids is 1. The smallest absolute Gasteiger partial charge is 0.372 e. The molecule has 0 aliphatic carbocycles. The second kappa shape index (κ2) is 11.7. The molecule has 19 heavy (non-hydrogen) atoms. The Bertz CT molecular complexity index is 334. The van der Waals surface area contributed by atoms with Crippen LogP contribution in [0.5, 0.6) is 0 Å². The molecule has 0 fully saturated rings. The van der Waals surface area contributed by atoms with Gasteiger partial charge in [-0.25, -0.2) is 4.79 Å². The summed E-state index contributed by atoms with van der Waals surface area (Å²) in [5.74, 6) is -2.37. The molecule has 0 aromatic heterocycles. The Kier molecular flexibility index (Phi) is 12.3. The molecule has 0 bridgehead atoms. The normalized spacial score (nSPS) is 12.0. The lowest BCUT2D eigenvalue weighted by Crippen LogP contribution is -2.19. The molecular formula is C16H28O3. The molecule has 110 valence electrons. The first-order valence-electron chi connectivity index (χ1n) is 6.78. The van der Waals surface area contributed by atoms with Crippen LogP contribution in [0.3, 0.4) is 0 Å². The van der Waals surface area contributed by atoms with Gasteiger partial charge >= 0.3 is 5.97 Å². The standard InChI is InChI=1S/C10H18.C6H10O3/c1-5-10(4)8-6-7-9(2)3;1-3-4(2)5(7)6(8)9/h5,7H,6,8H2,1-4H3;4H,3H2,1-2H3,(H,8,9). The zero-order valence-corrected chi connectivity index (χ0v) is 13.1. The quantitative estimate of drug-likeness (QED) is 0.574. The first-order valence-corrected chi connectivity index (χ1v) is 6.78. The molecule has 0 aromatic carbocycles. The van der Waals surface area contributed by atoms with Crippen molar-refractivity contribution in [3.63, 3.8) is 0 Å². The molecule has 0 aliphatic rings. The van der Waals surface area contributed by atoms with Crippen LogP contribution in [-0.4, -0.2) is 16.9 Å². The van der Waals surface area contributed by atoms with Crippen molar-refractivity contribution >= 4 is 11.8 Å². The van der Waals surface area contributed by atoms with E-state index in [0.29, 0.717) is 6.42 Å². The summed E-state index contributed by atoms with van der Waals surface area (Å²) in [5, 5.41) is 8.13. The predicted octanol–water partition coefficient (Wildman–Crippen LogP) is 4.39. The maximum Gasteiger partial charge on any atom is 0.372 e. The van der Waals surface area contributed by atoms with E-state index in [1.54, 1.807) is 13.8 Å². The van der Waals surface area contributed by atoms with Gasteiger partial charge in [0.2, 0.25) is 5.78 Å². The molecular weight excluding hydrogens is 240 g/mol. The predicted molar refractivity (Wildman–Crippen MR) is 80.2 cm³/mol. The molecule has 0 heterocycles. The number of hydrogen-bond donors (Lipinski definition) is 1. The van der Waals surface area contributed by atoms with Crippen molar-refractivity contribution in [2.45, 2.75) is 60.8 Å². The first kappa shape index (κ1) is 19.9. The number of aliphatic carboxylic acids is 1. The maximum atomic E-state index is 10.5. The average Bonchev–Trinajstić information content (AvgIpc) is 2.36. The number of ketones is 1. The van der Waals surface area contributed by atoms with Crippen LogP contribution in [0.1, 0.15) is 60.8 Å². The van der Waals surface area contributed by atoms with Crippen molar-refractivity contribution in [3.8, 4) is 0 Å². The Hall–Kier alpha value is -1.38. The highest BCUT2D eigenvalue weighted by atomic mass is 16.4. The van der Waals surface area contributed by atoms with Gasteiger partial charge in [0, 0.05) is 5.92 Å². The third-order valence-electron chi connectivity index (χ3n) is 2.85. The monoisotopic (exact) mass is 268 g/mol. The molecule has 1 N–H and O–H groups in total. The van der Waals surface area contributed by atoms with Crippen molar-refractivity contribution in [3.05, 3.63) is 23.3 Å². The van der Waals surface area contributed by atoms with Crippen LogP contribution in [0.15, 0.2) is 23.3 Å². The summed E-state index contributed by atoms with van der Waals surface area (Å²) in [6, 6.07) is 0. The van der Waals surface area contributed by atoms with Gasteiger partial charge < -0.3 is 5.11 Å². The highest BCUT2D eigenvalue weighted by Gasteiger charge is 2.17. The van der Waals surface area contributed by atoms with Crippen LogP contribution in [0.2, 0.25) is 0 Å². The summed E-state index contributed by atoms with van der Waals surface area (Å²) in [6.07, 6.45) is 7.46. The van der Waals surface area contributed by atoms with E-state index in [9.17, 15) is 9.59 Å². The van der Waals surface area contributed by atoms with E-state index in [2.05, 4.69) is 39.8 Å². The lowest BCUT2D eigenvalue weighted by molar-refractivity contribution is -0.150. The van der Waals surface area contributed by atoms with Gasteiger partial charge in [0.25, 0.3) is 0 Å². The third kappa shape index (κ3) is 12.9. The second-order valence-corrected chi connectivity index (χ2v) is 4.93. The van der Waals surface area contributed by atoms with Crippen LogP contribution in [0, 0.1) is 5.92 Å². The fourth-order valence-corrected chi connectivity index (χ4v) is 1.13. The van der Waals surface area contributed by atoms with Gasteiger partial charge in [-0.15, -0.1) is 0 Å². The van der Waals surface area contributed by atoms with Crippen LogP contribution in [-0.2, 0) is 9.59 Å². The number of Topliss-reactive ketones (excluding diaryl/α,β-unsaturated/α-hetero) is 1. The van der Waals surface area contributed by atoms with E-state index >= 15 is 0 Å². The van der Waals surface area contributed by atoms with E-state index in [1.165, 1.54) is 24.0 Å². The largest absolute Gasteiger partial charge is 0.475 e. The number of rotatable bonds is 6. The van der Waals surface area contributed by atoms with Gasteiger partial charge in [0.05, 0.1) is 0 Å². The number of carboxylic acids is 1. The molecule has 0 aliphatic heterocycles. The summed E-state index contributed by atoms with van der Waals surface area (Å²) >= 11 is 0. The second-order valence-electron chi connectivity index (χ2n) is 4.93. The minimum Gasteiger partial charge on any atom is -0.475 e. The van der Waals surface area contributed by atoms with Crippen molar-refractivity contribution < 1.29 is 14.7 Å². The zero-order valence-electron chi connectivity index (χ0n) is 13.1. The van der Waals surface area contributed by atoms with Gasteiger partial charge in [-0.2, -0.15) is 0 Å². The average molecular weight is 268 g/mol. The van der Waals surface area contributed by atoms with E-state index in [0.717, 1.165) is 0 Å². The number of carboxylic acid groups (broad SMARTS) is 1. The van der Waals surface area contributed by atoms with Crippen LogP contribution < -0.4 is 0 Å². The van der Waals surface area contributed by atoms with Crippen LogP contribution >= 0.6 is 0 Å². The Morgan fingerprint density at radius 1 is 1.21 bits per heavy atom. The molecule has 1 atom stereocenters. The SMILES string of the molecule is CC=C(C)CCC=C(C)C.CCC(C)C(=O)C(=O)O. The Morgan fingerprint density at radius 3 is 2.00 bits per heavy atom. The molecule has 3 nitrogen and oxygen atoms in total. The van der Waals surface area contributed by atoms with Crippen molar-refractivity contribution in [1.29, 1.82) is 0 Å². The number of hydrogen-bond acceptors (Lipinski definition) is 2. The first-order chi connectivity index (χ1) is 8.76. The Morgan fingerprint density at radius 2 is 1.74 bits per heavy atom. The van der Waals surface area contributed by atoms with Crippen LogP contribution in [0.4, 0.5) is 0 Å². The zero-order chi connectivity index (χ0) is 15.4. The topological polar surface area (TPSA) is 54.4 Å². The van der Waals surface area contributed by atoms with Crippen LogP contribution in [0.25, 0.3) is 0 Å². The van der Waals surface area contributed by atoms with Crippen molar-refractivity contribution in [2.24, 2.45) is 5.92 Å². The van der Waals surface area contributed by atoms with Gasteiger partial charge in [-0.1, -0.05) is 37.1 Å². The van der Waals surface area contributed by atoms with Gasteiger partial charge in [-0.3, -0.25) is 4.79 Å². The van der Waals surface area contributed by atoms with E-state index in [-0.39, 0.29) is 5.92 Å². The third-order valence-corrected chi connectivity index (χ3v) is 2.85. The molecule has 0 radical (unpaired) electrons. The van der Waals surface area contributed by atoms with Gasteiger partial charge in [0.15, 0.2) is 0 Å². The number of allylic oxidation sites excluding steroid dienone is 4. The fourth-order valence-electron chi connectivity index (χ4n) is 1.13.